The van der Waals surface area contributed by atoms with Gasteiger partial charge < -0.3 is 25.2 Å². The number of amides is 4. The number of rotatable bonds is 15. The smallest absolute Gasteiger partial charge is 0.410 e. The van der Waals surface area contributed by atoms with Crippen molar-refractivity contribution in [2.45, 2.75) is 77.9 Å². The zero-order chi connectivity index (χ0) is 40.1. The third kappa shape index (κ3) is 11.7. The van der Waals surface area contributed by atoms with E-state index < -0.39 is 11.6 Å². The summed E-state index contributed by atoms with van der Waals surface area (Å²) in [6.07, 6.45) is 5.66. The molecule has 5 rings (SSSR count). The Morgan fingerprint density at radius 2 is 1.41 bits per heavy atom. The zero-order valence-electron chi connectivity index (χ0n) is 33.6. The summed E-state index contributed by atoms with van der Waals surface area (Å²) in [6, 6.07) is 31.5. The Bertz CT molecular complexity index is 1920. The minimum absolute atomic E-state index is 0.116. The van der Waals surface area contributed by atoms with Gasteiger partial charge in [0.1, 0.15) is 11.6 Å². The van der Waals surface area contributed by atoms with E-state index in [2.05, 4.69) is 17.6 Å². The van der Waals surface area contributed by atoms with Gasteiger partial charge in [-0.2, -0.15) is 0 Å². The molecule has 1 atom stereocenters. The van der Waals surface area contributed by atoms with Crippen LogP contribution in [0.3, 0.4) is 0 Å². The highest BCUT2D eigenvalue weighted by Gasteiger charge is 2.32. The maximum Gasteiger partial charge on any atom is 0.410 e. The zero-order valence-corrected chi connectivity index (χ0v) is 33.6. The normalized spacial score (nSPS) is 13.4. The Morgan fingerprint density at radius 3 is 2.11 bits per heavy atom. The van der Waals surface area contributed by atoms with Crippen LogP contribution in [-0.2, 0) is 16.0 Å². The lowest BCUT2D eigenvalue weighted by molar-refractivity contribution is -0.133. The number of piperazine rings is 1. The molecule has 4 amide bonds. The monoisotopic (exact) mass is 759 g/mol. The lowest BCUT2D eigenvalue weighted by atomic mass is 9.98. The summed E-state index contributed by atoms with van der Waals surface area (Å²) in [5.74, 6) is -0.252. The fourth-order valence-corrected chi connectivity index (χ4v) is 6.72. The van der Waals surface area contributed by atoms with Crippen molar-refractivity contribution in [1.29, 1.82) is 0 Å². The second-order valence-electron chi connectivity index (χ2n) is 15.4. The molecule has 4 aromatic carbocycles. The molecule has 0 aromatic heterocycles. The quantitative estimate of drug-likeness (QED) is 0.0926. The summed E-state index contributed by atoms with van der Waals surface area (Å²) in [5.41, 5.74) is 4.68. The summed E-state index contributed by atoms with van der Waals surface area (Å²) in [7, 11) is 1.78. The number of anilines is 2. The maximum atomic E-state index is 14.3. The van der Waals surface area contributed by atoms with Gasteiger partial charge in [0, 0.05) is 68.7 Å². The van der Waals surface area contributed by atoms with Gasteiger partial charge in [0.05, 0.1) is 0 Å². The fourth-order valence-electron chi connectivity index (χ4n) is 6.72. The molecule has 10 heteroatoms. The number of unbranched alkanes of at least 4 members (excludes halogenated alkanes) is 4. The van der Waals surface area contributed by atoms with E-state index in [4.69, 9.17) is 4.74 Å². The van der Waals surface area contributed by atoms with Crippen molar-refractivity contribution in [2.24, 2.45) is 0 Å². The number of carbonyl (C=O) groups excluding carboxylic acids is 4. The van der Waals surface area contributed by atoms with E-state index >= 15 is 0 Å². The van der Waals surface area contributed by atoms with Crippen molar-refractivity contribution >= 4 is 35.2 Å². The summed E-state index contributed by atoms with van der Waals surface area (Å²) in [6.45, 7) is 9.80. The van der Waals surface area contributed by atoms with Gasteiger partial charge in [0.2, 0.25) is 5.91 Å². The molecule has 0 saturated carbocycles. The highest BCUT2D eigenvalue weighted by atomic mass is 16.6. The lowest BCUT2D eigenvalue weighted by Gasteiger charge is -2.37. The molecule has 0 unspecified atom stereocenters. The van der Waals surface area contributed by atoms with Crippen LogP contribution in [0.1, 0.15) is 81.3 Å². The van der Waals surface area contributed by atoms with Crippen LogP contribution in [0, 0.1) is 0 Å². The predicted molar refractivity (Wildman–Crippen MR) is 224 cm³/mol. The SMILES string of the molecule is CCCCCCCNC(=O)N(C)c1cccc(-c2ccc(C[C@H](Nc3ccccc3C(=O)c3ccccc3)C(=O)N3CCN(C(=O)OC(C)(C)C)CC3)cc2)c1. The molecule has 1 fully saturated rings. The van der Waals surface area contributed by atoms with Gasteiger partial charge in [-0.25, -0.2) is 9.59 Å². The second-order valence-corrected chi connectivity index (χ2v) is 15.4. The molecule has 1 aliphatic heterocycles. The second kappa shape index (κ2) is 19.8. The number of ether oxygens (including phenoxy) is 1. The number of ketones is 1. The molecule has 10 nitrogen and oxygen atoms in total. The summed E-state index contributed by atoms with van der Waals surface area (Å²) >= 11 is 0. The molecule has 0 bridgehead atoms. The first-order valence-electron chi connectivity index (χ1n) is 19.9. The van der Waals surface area contributed by atoms with E-state index in [-0.39, 0.29) is 23.8 Å². The molecule has 1 saturated heterocycles. The first-order valence-corrected chi connectivity index (χ1v) is 19.9. The Labute approximate surface area is 332 Å². The van der Waals surface area contributed by atoms with Crippen molar-refractivity contribution in [3.63, 3.8) is 0 Å². The number of hydrogen-bond acceptors (Lipinski definition) is 6. The Kier molecular flexibility index (Phi) is 14.7. The van der Waals surface area contributed by atoms with E-state index in [0.29, 0.717) is 56.0 Å². The average Bonchev–Trinajstić information content (AvgIpc) is 3.21. The Hall–Kier alpha value is -5.64. The Morgan fingerprint density at radius 1 is 0.750 bits per heavy atom. The van der Waals surface area contributed by atoms with E-state index in [0.717, 1.165) is 35.2 Å². The first-order chi connectivity index (χ1) is 26.9. The van der Waals surface area contributed by atoms with Crippen LogP contribution >= 0.6 is 0 Å². The van der Waals surface area contributed by atoms with Crippen LogP contribution in [0.5, 0.6) is 0 Å². The van der Waals surface area contributed by atoms with Gasteiger partial charge in [0.15, 0.2) is 5.78 Å². The predicted octanol–water partition coefficient (Wildman–Crippen LogP) is 8.80. The van der Waals surface area contributed by atoms with E-state index in [1.54, 1.807) is 39.9 Å². The highest BCUT2D eigenvalue weighted by Crippen LogP contribution is 2.27. The fraction of sp³-hybridized carbons (Fsp3) is 0.391. The van der Waals surface area contributed by atoms with Crippen molar-refractivity contribution < 1.29 is 23.9 Å². The number of nitrogens with zero attached hydrogens (tertiary/aromatic N) is 3. The van der Waals surface area contributed by atoms with Crippen molar-refractivity contribution in [1.82, 2.24) is 15.1 Å². The van der Waals surface area contributed by atoms with Gasteiger partial charge in [-0.3, -0.25) is 14.5 Å². The van der Waals surface area contributed by atoms with Gasteiger partial charge in [0.25, 0.3) is 0 Å². The number of carbonyl (C=O) groups is 4. The van der Waals surface area contributed by atoms with Gasteiger partial charge in [-0.1, -0.05) is 111 Å². The molecule has 0 radical (unpaired) electrons. The topological polar surface area (TPSA) is 111 Å². The average molecular weight is 760 g/mol. The van der Waals surface area contributed by atoms with E-state index in [1.165, 1.54) is 19.3 Å². The minimum Gasteiger partial charge on any atom is -0.444 e. The van der Waals surface area contributed by atoms with Gasteiger partial charge >= 0.3 is 12.1 Å². The molecule has 0 spiro atoms. The number of benzene rings is 4. The summed E-state index contributed by atoms with van der Waals surface area (Å²) in [5, 5.41) is 6.49. The molecule has 1 heterocycles. The number of para-hydroxylation sites is 1. The lowest BCUT2D eigenvalue weighted by Crippen LogP contribution is -2.55. The van der Waals surface area contributed by atoms with Crippen LogP contribution in [0.4, 0.5) is 21.0 Å². The van der Waals surface area contributed by atoms with Crippen molar-refractivity contribution in [2.75, 3.05) is 50.0 Å². The van der Waals surface area contributed by atoms with Crippen LogP contribution < -0.4 is 15.5 Å². The van der Waals surface area contributed by atoms with Gasteiger partial charge in [-0.15, -0.1) is 0 Å². The third-order valence-electron chi connectivity index (χ3n) is 9.90. The summed E-state index contributed by atoms with van der Waals surface area (Å²) in [4.78, 5) is 58.7. The molecule has 0 aliphatic carbocycles. The molecular formula is C46H57N5O5. The van der Waals surface area contributed by atoms with Crippen molar-refractivity contribution in [3.05, 3.63) is 120 Å². The molecule has 4 aromatic rings. The number of nitrogens with one attached hydrogen (secondary N) is 2. The van der Waals surface area contributed by atoms with Crippen LogP contribution in [0.15, 0.2) is 103 Å². The Balaban J connectivity index is 1.32. The number of hydrogen-bond donors (Lipinski definition) is 2. The van der Waals surface area contributed by atoms with Crippen LogP contribution in [0.25, 0.3) is 11.1 Å². The molecule has 2 N–H and O–H groups in total. The maximum absolute atomic E-state index is 14.3. The minimum atomic E-state index is -0.694. The molecule has 56 heavy (non-hydrogen) atoms. The van der Waals surface area contributed by atoms with E-state index in [9.17, 15) is 19.2 Å². The van der Waals surface area contributed by atoms with E-state index in [1.807, 2.05) is 106 Å². The van der Waals surface area contributed by atoms with Crippen LogP contribution in [-0.4, -0.2) is 85.0 Å². The van der Waals surface area contributed by atoms with Gasteiger partial charge in [-0.05, 0) is 68.1 Å². The highest BCUT2D eigenvalue weighted by molar-refractivity contribution is 6.12. The molecular weight excluding hydrogens is 703 g/mol. The molecule has 296 valence electrons. The largest absolute Gasteiger partial charge is 0.444 e. The third-order valence-corrected chi connectivity index (χ3v) is 9.90. The standard InChI is InChI=1S/C46H57N5O5/c1-6-7-8-9-15-27-47-44(54)49(5)38-20-16-19-37(33-38)35-25-23-34(24-26-35)32-41(43(53)50-28-30-51(31-29-50)45(55)56-46(2,3)4)48-40-22-14-13-21-39(40)42(52)36-17-11-10-12-18-36/h10-14,16-26,33,41,48H,6-9,15,27-32H2,1-5H3,(H,47,54)/t41-/m0/s1. The number of urea groups is 1. The van der Waals surface area contributed by atoms with Crippen LogP contribution in [0.2, 0.25) is 0 Å². The summed E-state index contributed by atoms with van der Waals surface area (Å²) < 4.78 is 5.57. The van der Waals surface area contributed by atoms with Crippen molar-refractivity contribution in [3.8, 4) is 11.1 Å². The molecule has 1 aliphatic rings. The first kappa shape index (κ1) is 41.5.